The number of anilines is 3. The number of nitrogens with two attached hydrogens (primary N) is 1. The van der Waals surface area contributed by atoms with Gasteiger partial charge in [-0.2, -0.15) is 28.1 Å². The maximum absolute atomic E-state index is 12.5. The van der Waals surface area contributed by atoms with Crippen molar-refractivity contribution in [2.45, 2.75) is 13.1 Å². The van der Waals surface area contributed by atoms with Crippen molar-refractivity contribution < 1.29 is 13.2 Å². The Morgan fingerprint density at radius 2 is 1.89 bits per heavy atom. The average Bonchev–Trinajstić information content (AvgIpc) is 2.26. The Morgan fingerprint density at radius 1 is 1.16 bits per heavy atom. The van der Waals surface area contributed by atoms with E-state index in [4.69, 9.17) is 5.73 Å². The smallest absolute Gasteiger partial charge is 0.368 e. The summed E-state index contributed by atoms with van der Waals surface area (Å²) in [4.78, 5) is 11.5. The first-order chi connectivity index (χ1) is 8.84. The highest BCUT2D eigenvalue weighted by molar-refractivity contribution is 5.55. The number of hydrogen-bond acceptors (Lipinski definition) is 5. The summed E-state index contributed by atoms with van der Waals surface area (Å²) < 4.78 is 37.6. The first-order valence-corrected chi connectivity index (χ1v) is 5.27. The van der Waals surface area contributed by atoms with E-state index in [-0.39, 0.29) is 17.6 Å². The molecule has 0 aliphatic rings. The van der Waals surface area contributed by atoms with E-state index in [2.05, 4.69) is 20.3 Å². The Bertz CT molecular complexity index is 577. The molecule has 2 rings (SSSR count). The van der Waals surface area contributed by atoms with Crippen LogP contribution in [0.2, 0.25) is 0 Å². The van der Waals surface area contributed by atoms with Crippen molar-refractivity contribution in [3.8, 4) is 0 Å². The third-order valence-electron chi connectivity index (χ3n) is 2.21. The largest absolute Gasteiger partial charge is 0.416 e. The van der Waals surface area contributed by atoms with Gasteiger partial charge in [0.15, 0.2) is 0 Å². The van der Waals surface area contributed by atoms with Crippen LogP contribution >= 0.6 is 0 Å². The predicted molar refractivity (Wildman–Crippen MR) is 63.7 cm³/mol. The predicted octanol–water partition coefficient (Wildman–Crippen LogP) is 2.52. The minimum absolute atomic E-state index is 0.00183. The molecule has 3 N–H and O–H groups in total. The molecule has 8 heteroatoms. The van der Waals surface area contributed by atoms with Crippen LogP contribution in [0.1, 0.15) is 11.4 Å². The molecular formula is C11H10F3N5. The van der Waals surface area contributed by atoms with Crippen LogP contribution in [0, 0.1) is 6.92 Å². The van der Waals surface area contributed by atoms with Gasteiger partial charge in [0.05, 0.1) is 5.56 Å². The molecule has 0 radical (unpaired) electrons. The number of nitrogens with zero attached hydrogens (tertiary/aromatic N) is 3. The van der Waals surface area contributed by atoms with Gasteiger partial charge in [-0.05, 0) is 25.1 Å². The summed E-state index contributed by atoms with van der Waals surface area (Å²) in [5.41, 5.74) is 4.90. The number of rotatable bonds is 2. The summed E-state index contributed by atoms with van der Waals surface area (Å²) in [6.07, 6.45) is -4.40. The molecule has 0 fully saturated rings. The van der Waals surface area contributed by atoms with Crippen molar-refractivity contribution in [3.63, 3.8) is 0 Å². The fourth-order valence-electron chi connectivity index (χ4n) is 1.46. The molecule has 0 atom stereocenters. The van der Waals surface area contributed by atoms with E-state index in [1.54, 1.807) is 6.92 Å². The lowest BCUT2D eigenvalue weighted by Crippen LogP contribution is -2.07. The van der Waals surface area contributed by atoms with Crippen molar-refractivity contribution in [1.82, 2.24) is 15.0 Å². The Morgan fingerprint density at radius 3 is 2.53 bits per heavy atom. The molecule has 0 aliphatic heterocycles. The first-order valence-electron chi connectivity index (χ1n) is 5.27. The van der Waals surface area contributed by atoms with Gasteiger partial charge in [0.1, 0.15) is 5.82 Å². The Kier molecular flexibility index (Phi) is 3.24. The summed E-state index contributed by atoms with van der Waals surface area (Å²) in [7, 11) is 0. The molecule has 2 aromatic rings. The van der Waals surface area contributed by atoms with Gasteiger partial charge in [0.2, 0.25) is 11.9 Å². The molecule has 0 bridgehead atoms. The second-order valence-electron chi connectivity index (χ2n) is 3.77. The molecule has 0 saturated carbocycles. The molecule has 19 heavy (non-hydrogen) atoms. The minimum Gasteiger partial charge on any atom is -0.368 e. The van der Waals surface area contributed by atoms with Crippen LogP contribution in [0.4, 0.5) is 30.8 Å². The van der Waals surface area contributed by atoms with Crippen LogP contribution in [0.25, 0.3) is 0 Å². The van der Waals surface area contributed by atoms with Crippen LogP contribution in [0.15, 0.2) is 24.3 Å². The van der Waals surface area contributed by atoms with Crippen molar-refractivity contribution in [1.29, 1.82) is 0 Å². The number of halogens is 3. The molecular weight excluding hydrogens is 259 g/mol. The van der Waals surface area contributed by atoms with E-state index < -0.39 is 11.7 Å². The van der Waals surface area contributed by atoms with Crippen LogP contribution in [0.5, 0.6) is 0 Å². The molecule has 0 aliphatic carbocycles. The van der Waals surface area contributed by atoms with Gasteiger partial charge in [-0.3, -0.25) is 0 Å². The number of hydrogen-bond donors (Lipinski definition) is 2. The molecule has 0 unspecified atom stereocenters. The lowest BCUT2D eigenvalue weighted by atomic mass is 10.2. The fourth-order valence-corrected chi connectivity index (χ4v) is 1.46. The third-order valence-corrected chi connectivity index (χ3v) is 2.21. The highest BCUT2D eigenvalue weighted by Gasteiger charge is 2.30. The second-order valence-corrected chi connectivity index (χ2v) is 3.77. The molecule has 1 heterocycles. The summed E-state index contributed by atoms with van der Waals surface area (Å²) in [5.74, 6) is 0.480. The van der Waals surface area contributed by atoms with Crippen LogP contribution in [-0.2, 0) is 6.18 Å². The standard InChI is InChI=1S/C11H10F3N5/c1-6-16-9(15)19-10(17-6)18-8-4-2-3-7(5-8)11(12,13)14/h2-5H,1H3,(H3,15,16,17,18,19). The Balaban J connectivity index is 2.28. The summed E-state index contributed by atoms with van der Waals surface area (Å²) >= 11 is 0. The lowest BCUT2D eigenvalue weighted by Gasteiger charge is -2.10. The zero-order valence-electron chi connectivity index (χ0n) is 9.86. The van der Waals surface area contributed by atoms with Gasteiger partial charge in [0, 0.05) is 5.69 Å². The van der Waals surface area contributed by atoms with Gasteiger partial charge in [-0.25, -0.2) is 0 Å². The molecule has 0 spiro atoms. The second kappa shape index (κ2) is 4.71. The normalized spacial score (nSPS) is 11.4. The molecule has 1 aromatic carbocycles. The monoisotopic (exact) mass is 269 g/mol. The van der Waals surface area contributed by atoms with Gasteiger partial charge in [-0.1, -0.05) is 6.07 Å². The highest BCUT2D eigenvalue weighted by atomic mass is 19.4. The summed E-state index contributed by atoms with van der Waals surface area (Å²) in [6, 6.07) is 4.72. The number of aryl methyl sites for hydroxylation is 1. The van der Waals surface area contributed by atoms with Gasteiger partial charge in [0.25, 0.3) is 0 Å². The summed E-state index contributed by atoms with van der Waals surface area (Å²) in [5, 5.41) is 2.66. The zero-order chi connectivity index (χ0) is 14.0. The van der Waals surface area contributed by atoms with Gasteiger partial charge >= 0.3 is 6.18 Å². The van der Waals surface area contributed by atoms with E-state index in [1.807, 2.05) is 0 Å². The van der Waals surface area contributed by atoms with Gasteiger partial charge in [-0.15, -0.1) is 0 Å². The number of alkyl halides is 3. The molecule has 100 valence electrons. The number of benzene rings is 1. The minimum atomic E-state index is -4.40. The van der Waals surface area contributed by atoms with E-state index in [0.29, 0.717) is 5.82 Å². The number of aromatic nitrogens is 3. The van der Waals surface area contributed by atoms with Gasteiger partial charge < -0.3 is 11.1 Å². The quantitative estimate of drug-likeness (QED) is 0.876. The topological polar surface area (TPSA) is 76.7 Å². The lowest BCUT2D eigenvalue weighted by molar-refractivity contribution is -0.137. The molecule has 0 saturated heterocycles. The number of nitrogens with one attached hydrogen (secondary N) is 1. The van der Waals surface area contributed by atoms with E-state index in [1.165, 1.54) is 12.1 Å². The third kappa shape index (κ3) is 3.30. The van der Waals surface area contributed by atoms with Crippen LogP contribution in [0.3, 0.4) is 0 Å². The van der Waals surface area contributed by atoms with E-state index in [0.717, 1.165) is 12.1 Å². The number of nitrogen functional groups attached to an aromatic ring is 1. The highest BCUT2D eigenvalue weighted by Crippen LogP contribution is 2.31. The van der Waals surface area contributed by atoms with Crippen molar-refractivity contribution in [3.05, 3.63) is 35.7 Å². The van der Waals surface area contributed by atoms with Crippen LogP contribution < -0.4 is 11.1 Å². The maximum atomic E-state index is 12.5. The Labute approximate surface area is 106 Å². The molecule has 1 aromatic heterocycles. The van der Waals surface area contributed by atoms with Crippen molar-refractivity contribution in [2.24, 2.45) is 0 Å². The average molecular weight is 269 g/mol. The van der Waals surface area contributed by atoms with E-state index in [9.17, 15) is 13.2 Å². The first kappa shape index (κ1) is 13.1. The van der Waals surface area contributed by atoms with E-state index >= 15 is 0 Å². The SMILES string of the molecule is Cc1nc(N)nc(Nc2cccc(C(F)(F)F)c2)n1. The summed E-state index contributed by atoms with van der Waals surface area (Å²) in [6.45, 7) is 1.61. The molecule has 5 nitrogen and oxygen atoms in total. The van der Waals surface area contributed by atoms with Crippen LogP contribution in [-0.4, -0.2) is 15.0 Å². The Hall–Kier alpha value is -2.38. The maximum Gasteiger partial charge on any atom is 0.416 e. The van der Waals surface area contributed by atoms with Crippen molar-refractivity contribution >= 4 is 17.6 Å². The fraction of sp³-hybridized carbons (Fsp3) is 0.182. The zero-order valence-corrected chi connectivity index (χ0v) is 9.86. The molecule has 0 amide bonds. The van der Waals surface area contributed by atoms with Crippen molar-refractivity contribution in [2.75, 3.05) is 11.1 Å².